The number of methoxy groups -OCH3 is 1. The highest BCUT2D eigenvalue weighted by atomic mass is 16.5. The molecular formula is C16H18N2O3. The predicted octanol–water partition coefficient (Wildman–Crippen LogP) is 2.35. The van der Waals surface area contributed by atoms with Crippen LogP contribution in [0.5, 0.6) is 11.5 Å². The van der Waals surface area contributed by atoms with Crippen molar-refractivity contribution in [1.82, 2.24) is 0 Å². The minimum absolute atomic E-state index is 0.0424. The first kappa shape index (κ1) is 14.9. The Kier molecular flexibility index (Phi) is 4.45. The van der Waals surface area contributed by atoms with Crippen LogP contribution in [0.25, 0.3) is 0 Å². The van der Waals surface area contributed by atoms with Crippen LogP contribution in [0.1, 0.15) is 17.2 Å². The number of carbonyl (C=O) groups is 1. The number of nitrogens with two attached hydrogens (primary N) is 1. The van der Waals surface area contributed by atoms with Crippen molar-refractivity contribution in [1.29, 1.82) is 0 Å². The topological polar surface area (TPSA) is 84.6 Å². The molecule has 2 aromatic rings. The number of carbonyl (C=O) groups excluding carboxylic acids is 1. The summed E-state index contributed by atoms with van der Waals surface area (Å²) in [6.45, 7) is 1.97. The average molecular weight is 286 g/mol. The molecule has 21 heavy (non-hydrogen) atoms. The van der Waals surface area contributed by atoms with Crippen molar-refractivity contribution in [2.75, 3.05) is 12.4 Å². The van der Waals surface area contributed by atoms with E-state index < -0.39 is 6.04 Å². The van der Waals surface area contributed by atoms with Gasteiger partial charge in [0.2, 0.25) is 5.91 Å². The van der Waals surface area contributed by atoms with E-state index in [1.54, 1.807) is 12.1 Å². The van der Waals surface area contributed by atoms with E-state index in [-0.39, 0.29) is 11.7 Å². The van der Waals surface area contributed by atoms with Crippen molar-refractivity contribution < 1.29 is 14.6 Å². The van der Waals surface area contributed by atoms with E-state index in [9.17, 15) is 9.90 Å². The fourth-order valence-corrected chi connectivity index (χ4v) is 1.91. The van der Waals surface area contributed by atoms with Crippen LogP contribution in [-0.4, -0.2) is 18.1 Å². The highest BCUT2D eigenvalue weighted by Crippen LogP contribution is 2.28. The van der Waals surface area contributed by atoms with Gasteiger partial charge in [0.15, 0.2) is 11.5 Å². The molecule has 0 radical (unpaired) electrons. The number of rotatable bonds is 4. The van der Waals surface area contributed by atoms with Gasteiger partial charge in [-0.05, 0) is 24.6 Å². The molecule has 0 saturated carbocycles. The molecule has 0 bridgehead atoms. The molecule has 5 heteroatoms. The van der Waals surface area contributed by atoms with Crippen molar-refractivity contribution >= 4 is 11.6 Å². The first-order chi connectivity index (χ1) is 10.0. The van der Waals surface area contributed by atoms with Crippen LogP contribution in [0.3, 0.4) is 0 Å². The zero-order valence-electron chi connectivity index (χ0n) is 12.0. The zero-order chi connectivity index (χ0) is 15.4. The van der Waals surface area contributed by atoms with E-state index in [2.05, 4.69) is 5.32 Å². The number of anilines is 1. The van der Waals surface area contributed by atoms with Gasteiger partial charge in [-0.1, -0.05) is 29.8 Å². The Morgan fingerprint density at radius 2 is 1.90 bits per heavy atom. The number of hydrogen-bond donors (Lipinski definition) is 3. The second kappa shape index (κ2) is 6.28. The minimum atomic E-state index is -0.769. The molecule has 0 fully saturated rings. The highest BCUT2D eigenvalue weighted by Gasteiger charge is 2.16. The molecule has 0 aliphatic rings. The van der Waals surface area contributed by atoms with Gasteiger partial charge in [-0.2, -0.15) is 0 Å². The molecule has 2 aromatic carbocycles. The molecule has 2 rings (SSSR count). The lowest BCUT2D eigenvalue weighted by Crippen LogP contribution is -2.27. The largest absolute Gasteiger partial charge is 0.504 e. The van der Waals surface area contributed by atoms with E-state index in [0.29, 0.717) is 11.4 Å². The molecule has 0 spiro atoms. The Morgan fingerprint density at radius 1 is 1.24 bits per heavy atom. The van der Waals surface area contributed by atoms with Crippen molar-refractivity contribution in [3.05, 3.63) is 53.6 Å². The average Bonchev–Trinajstić information content (AvgIpc) is 2.47. The number of nitrogens with one attached hydrogen (secondary N) is 1. The Bertz CT molecular complexity index is 638. The van der Waals surface area contributed by atoms with Crippen LogP contribution < -0.4 is 15.8 Å². The Balaban J connectivity index is 2.10. The number of aryl methyl sites for hydroxylation is 1. The third kappa shape index (κ3) is 3.52. The second-order valence-corrected chi connectivity index (χ2v) is 4.76. The van der Waals surface area contributed by atoms with E-state index >= 15 is 0 Å². The maximum atomic E-state index is 12.1. The molecule has 1 amide bonds. The fraction of sp³-hybridized carbons (Fsp3) is 0.188. The molecule has 0 heterocycles. The van der Waals surface area contributed by atoms with Gasteiger partial charge in [0.1, 0.15) is 6.04 Å². The monoisotopic (exact) mass is 286 g/mol. The molecule has 0 aliphatic carbocycles. The molecule has 4 N–H and O–H groups in total. The van der Waals surface area contributed by atoms with Crippen molar-refractivity contribution in [3.63, 3.8) is 0 Å². The summed E-state index contributed by atoms with van der Waals surface area (Å²) in [5, 5.41) is 12.4. The Hall–Kier alpha value is -2.53. The van der Waals surface area contributed by atoms with Crippen LogP contribution in [0.2, 0.25) is 0 Å². The Labute approximate surface area is 123 Å². The third-order valence-electron chi connectivity index (χ3n) is 3.17. The summed E-state index contributed by atoms with van der Waals surface area (Å²) >= 11 is 0. The standard InChI is InChI=1S/C16H18N2O3/c1-10-3-5-11(6-4-10)15(17)16(20)18-12-7-8-14(21-2)13(19)9-12/h3-9,15,19H,17H2,1-2H3,(H,18,20). The lowest BCUT2D eigenvalue weighted by Gasteiger charge is -2.13. The third-order valence-corrected chi connectivity index (χ3v) is 3.17. The summed E-state index contributed by atoms with van der Waals surface area (Å²) in [5.41, 5.74) is 8.23. The van der Waals surface area contributed by atoms with Crippen LogP contribution in [0, 0.1) is 6.92 Å². The number of ether oxygens (including phenoxy) is 1. The van der Waals surface area contributed by atoms with E-state index in [4.69, 9.17) is 10.5 Å². The maximum absolute atomic E-state index is 12.1. The van der Waals surface area contributed by atoms with Crippen LogP contribution in [0.15, 0.2) is 42.5 Å². The minimum Gasteiger partial charge on any atom is -0.504 e. The molecular weight excluding hydrogens is 268 g/mol. The summed E-state index contributed by atoms with van der Waals surface area (Å²) in [4.78, 5) is 12.1. The van der Waals surface area contributed by atoms with E-state index in [1.807, 2.05) is 31.2 Å². The van der Waals surface area contributed by atoms with E-state index in [1.165, 1.54) is 13.2 Å². The van der Waals surface area contributed by atoms with Crippen LogP contribution in [-0.2, 0) is 4.79 Å². The molecule has 5 nitrogen and oxygen atoms in total. The van der Waals surface area contributed by atoms with Gasteiger partial charge in [-0.25, -0.2) is 0 Å². The van der Waals surface area contributed by atoms with E-state index in [0.717, 1.165) is 11.1 Å². The van der Waals surface area contributed by atoms with Gasteiger partial charge < -0.3 is 20.9 Å². The van der Waals surface area contributed by atoms with Gasteiger partial charge in [0, 0.05) is 11.8 Å². The normalized spacial score (nSPS) is 11.8. The van der Waals surface area contributed by atoms with Gasteiger partial charge >= 0.3 is 0 Å². The number of phenolic OH excluding ortho intramolecular Hbond substituents is 1. The fourth-order valence-electron chi connectivity index (χ4n) is 1.91. The molecule has 0 saturated heterocycles. The molecule has 0 aromatic heterocycles. The number of benzene rings is 2. The number of aromatic hydroxyl groups is 1. The summed E-state index contributed by atoms with van der Waals surface area (Å²) in [6, 6.07) is 11.3. The van der Waals surface area contributed by atoms with Gasteiger partial charge in [-0.3, -0.25) is 4.79 Å². The summed E-state index contributed by atoms with van der Waals surface area (Å²) in [6.07, 6.45) is 0. The molecule has 1 unspecified atom stereocenters. The highest BCUT2D eigenvalue weighted by molar-refractivity contribution is 5.95. The number of phenols is 1. The first-order valence-electron chi connectivity index (χ1n) is 6.51. The van der Waals surface area contributed by atoms with Crippen molar-refractivity contribution in [2.24, 2.45) is 5.73 Å². The lowest BCUT2D eigenvalue weighted by molar-refractivity contribution is -0.117. The number of amides is 1. The summed E-state index contributed by atoms with van der Waals surface area (Å²) in [5.74, 6) is -0.0431. The molecule has 110 valence electrons. The van der Waals surface area contributed by atoms with Gasteiger partial charge in [0.05, 0.1) is 7.11 Å². The van der Waals surface area contributed by atoms with Crippen LogP contribution >= 0.6 is 0 Å². The second-order valence-electron chi connectivity index (χ2n) is 4.76. The summed E-state index contributed by atoms with van der Waals surface area (Å²) in [7, 11) is 1.46. The summed E-state index contributed by atoms with van der Waals surface area (Å²) < 4.78 is 4.95. The molecule has 0 aliphatic heterocycles. The predicted molar refractivity (Wildman–Crippen MR) is 81.4 cm³/mol. The van der Waals surface area contributed by atoms with Gasteiger partial charge in [-0.15, -0.1) is 0 Å². The maximum Gasteiger partial charge on any atom is 0.245 e. The Morgan fingerprint density at radius 3 is 2.48 bits per heavy atom. The SMILES string of the molecule is COc1ccc(NC(=O)C(N)c2ccc(C)cc2)cc1O. The smallest absolute Gasteiger partial charge is 0.245 e. The molecule has 1 atom stereocenters. The van der Waals surface area contributed by atoms with Gasteiger partial charge in [0.25, 0.3) is 0 Å². The van der Waals surface area contributed by atoms with Crippen molar-refractivity contribution in [3.8, 4) is 11.5 Å². The lowest BCUT2D eigenvalue weighted by atomic mass is 10.1. The van der Waals surface area contributed by atoms with Crippen molar-refractivity contribution in [2.45, 2.75) is 13.0 Å². The quantitative estimate of drug-likeness (QED) is 0.805. The zero-order valence-corrected chi connectivity index (χ0v) is 12.0. The number of hydrogen-bond acceptors (Lipinski definition) is 4. The van der Waals surface area contributed by atoms with Crippen LogP contribution in [0.4, 0.5) is 5.69 Å². The first-order valence-corrected chi connectivity index (χ1v) is 6.51.